The molecule has 2 aliphatic rings. The fourth-order valence-corrected chi connectivity index (χ4v) is 2.93. The van der Waals surface area contributed by atoms with Crippen molar-refractivity contribution in [1.29, 1.82) is 0 Å². The molecule has 1 N–H and O–H groups in total. The zero-order valence-corrected chi connectivity index (χ0v) is 10.8. The Morgan fingerprint density at radius 1 is 1.31 bits per heavy atom. The maximum atomic E-state index is 3.77. The van der Waals surface area contributed by atoms with Gasteiger partial charge in [-0.3, -0.25) is 0 Å². The summed E-state index contributed by atoms with van der Waals surface area (Å²) in [6, 6.07) is 0.713. The molecule has 0 saturated heterocycles. The molecule has 0 radical (unpaired) electrons. The van der Waals surface area contributed by atoms with Crippen molar-refractivity contribution < 1.29 is 0 Å². The van der Waals surface area contributed by atoms with E-state index in [9.17, 15) is 0 Å². The van der Waals surface area contributed by atoms with Crippen LogP contribution >= 0.6 is 0 Å². The molecule has 1 nitrogen and oxygen atoms in total. The van der Waals surface area contributed by atoms with Crippen LogP contribution in [0.5, 0.6) is 0 Å². The number of nitrogens with one attached hydrogen (secondary N) is 1. The number of hydrogen-bond donors (Lipinski definition) is 1. The number of allylic oxidation sites excluding steroid dienone is 1. The third-order valence-corrected chi connectivity index (χ3v) is 4.21. The monoisotopic (exact) mass is 221 g/mol. The van der Waals surface area contributed by atoms with Gasteiger partial charge in [-0.15, -0.1) is 0 Å². The highest BCUT2D eigenvalue weighted by Gasteiger charge is 2.24. The first kappa shape index (κ1) is 12.2. The minimum absolute atomic E-state index is 0.713. The van der Waals surface area contributed by atoms with E-state index >= 15 is 0 Å². The first-order chi connectivity index (χ1) is 7.90. The lowest BCUT2D eigenvalue weighted by Crippen LogP contribution is -2.35. The van der Waals surface area contributed by atoms with Gasteiger partial charge in [-0.2, -0.15) is 0 Å². The topological polar surface area (TPSA) is 12.0 Å². The Morgan fingerprint density at radius 3 is 2.75 bits per heavy atom. The van der Waals surface area contributed by atoms with Crippen molar-refractivity contribution in [2.75, 3.05) is 6.54 Å². The fourth-order valence-electron chi connectivity index (χ4n) is 2.93. The third kappa shape index (κ3) is 3.35. The van der Waals surface area contributed by atoms with E-state index in [0.29, 0.717) is 6.04 Å². The van der Waals surface area contributed by atoms with E-state index in [1.165, 1.54) is 64.3 Å². The smallest absolute Gasteiger partial charge is 0.0282 e. The first-order valence-electron chi connectivity index (χ1n) is 7.32. The van der Waals surface area contributed by atoms with Crippen LogP contribution in [0.3, 0.4) is 0 Å². The maximum absolute atomic E-state index is 3.77. The summed E-state index contributed by atoms with van der Waals surface area (Å²) in [5.41, 5.74) is 1.73. The van der Waals surface area contributed by atoms with Gasteiger partial charge >= 0.3 is 0 Å². The van der Waals surface area contributed by atoms with Gasteiger partial charge in [0.25, 0.3) is 0 Å². The average Bonchev–Trinajstić information content (AvgIpc) is 2.28. The van der Waals surface area contributed by atoms with Crippen LogP contribution in [0, 0.1) is 5.92 Å². The van der Waals surface area contributed by atoms with E-state index < -0.39 is 0 Å². The van der Waals surface area contributed by atoms with Crippen molar-refractivity contribution in [3.8, 4) is 0 Å². The molecule has 0 heterocycles. The molecule has 1 unspecified atom stereocenters. The molecule has 16 heavy (non-hydrogen) atoms. The van der Waals surface area contributed by atoms with Gasteiger partial charge in [0, 0.05) is 6.04 Å². The molecule has 0 bridgehead atoms. The lowest BCUT2D eigenvalue weighted by atomic mass is 9.78. The lowest BCUT2D eigenvalue weighted by Gasteiger charge is -2.32. The van der Waals surface area contributed by atoms with E-state index in [2.05, 4.69) is 18.3 Å². The van der Waals surface area contributed by atoms with E-state index in [-0.39, 0.29) is 0 Å². The van der Waals surface area contributed by atoms with Crippen molar-refractivity contribution in [3.63, 3.8) is 0 Å². The second-order valence-electron chi connectivity index (χ2n) is 5.56. The van der Waals surface area contributed by atoms with E-state index in [1.54, 1.807) is 5.57 Å². The van der Waals surface area contributed by atoms with Crippen LogP contribution in [0.2, 0.25) is 0 Å². The van der Waals surface area contributed by atoms with Crippen LogP contribution in [0.1, 0.15) is 64.7 Å². The molecule has 2 rings (SSSR count). The maximum Gasteiger partial charge on any atom is 0.0282 e. The zero-order chi connectivity index (χ0) is 11.2. The summed E-state index contributed by atoms with van der Waals surface area (Å²) in [7, 11) is 0. The lowest BCUT2D eigenvalue weighted by molar-refractivity contribution is 0.268. The van der Waals surface area contributed by atoms with Gasteiger partial charge in [0.2, 0.25) is 0 Å². The SMILES string of the molecule is CCCNC(CC1CCC1)C1=CCCCC1. The van der Waals surface area contributed by atoms with Crippen LogP contribution in [0.4, 0.5) is 0 Å². The van der Waals surface area contributed by atoms with Crippen LogP contribution in [0.25, 0.3) is 0 Å². The van der Waals surface area contributed by atoms with Gasteiger partial charge in [-0.1, -0.05) is 37.8 Å². The highest BCUT2D eigenvalue weighted by molar-refractivity contribution is 5.13. The summed E-state index contributed by atoms with van der Waals surface area (Å²) in [6.07, 6.45) is 15.1. The van der Waals surface area contributed by atoms with Crippen molar-refractivity contribution in [1.82, 2.24) is 5.32 Å². The molecule has 0 aliphatic heterocycles. The zero-order valence-electron chi connectivity index (χ0n) is 10.8. The van der Waals surface area contributed by atoms with Crippen LogP contribution < -0.4 is 5.32 Å². The fraction of sp³-hybridized carbons (Fsp3) is 0.867. The van der Waals surface area contributed by atoms with Crippen molar-refractivity contribution >= 4 is 0 Å². The van der Waals surface area contributed by atoms with Crippen LogP contribution in [-0.2, 0) is 0 Å². The second kappa shape index (κ2) is 6.44. The second-order valence-corrected chi connectivity index (χ2v) is 5.56. The molecule has 1 fully saturated rings. The Morgan fingerprint density at radius 2 is 2.19 bits per heavy atom. The average molecular weight is 221 g/mol. The molecule has 92 valence electrons. The van der Waals surface area contributed by atoms with Gasteiger partial charge in [-0.25, -0.2) is 0 Å². The Kier molecular flexibility index (Phi) is 4.90. The van der Waals surface area contributed by atoms with Gasteiger partial charge in [-0.05, 0) is 51.0 Å². The van der Waals surface area contributed by atoms with E-state index in [4.69, 9.17) is 0 Å². The third-order valence-electron chi connectivity index (χ3n) is 4.21. The molecular weight excluding hydrogens is 194 g/mol. The van der Waals surface area contributed by atoms with Gasteiger partial charge in [0.05, 0.1) is 0 Å². The Hall–Kier alpha value is -0.300. The summed E-state index contributed by atoms with van der Waals surface area (Å²) < 4.78 is 0. The molecule has 2 aliphatic carbocycles. The predicted octanol–water partition coefficient (Wildman–Crippen LogP) is 4.05. The molecule has 0 spiro atoms. The summed E-state index contributed by atoms with van der Waals surface area (Å²) in [4.78, 5) is 0. The van der Waals surface area contributed by atoms with Gasteiger partial charge in [0.15, 0.2) is 0 Å². The quantitative estimate of drug-likeness (QED) is 0.667. The molecule has 0 amide bonds. The molecule has 1 heteroatoms. The van der Waals surface area contributed by atoms with E-state index in [0.717, 1.165) is 5.92 Å². The molecule has 1 atom stereocenters. The van der Waals surface area contributed by atoms with Crippen molar-refractivity contribution in [3.05, 3.63) is 11.6 Å². The highest BCUT2D eigenvalue weighted by atomic mass is 14.9. The molecule has 0 aromatic heterocycles. The summed E-state index contributed by atoms with van der Waals surface area (Å²) in [5.74, 6) is 1.03. The Labute approximate surface area is 101 Å². The highest BCUT2D eigenvalue weighted by Crippen LogP contribution is 2.33. The normalized spacial score (nSPS) is 23.7. The minimum atomic E-state index is 0.713. The number of hydrogen-bond acceptors (Lipinski definition) is 1. The van der Waals surface area contributed by atoms with Crippen LogP contribution in [-0.4, -0.2) is 12.6 Å². The van der Waals surface area contributed by atoms with Gasteiger partial charge in [0.1, 0.15) is 0 Å². The first-order valence-corrected chi connectivity index (χ1v) is 7.32. The minimum Gasteiger partial charge on any atom is -0.310 e. The molecule has 0 aromatic carbocycles. The Balaban J connectivity index is 1.86. The number of rotatable bonds is 6. The predicted molar refractivity (Wildman–Crippen MR) is 70.6 cm³/mol. The summed E-state index contributed by atoms with van der Waals surface area (Å²) in [5, 5.41) is 3.77. The molecule has 0 aromatic rings. The summed E-state index contributed by atoms with van der Waals surface area (Å²) in [6.45, 7) is 3.46. The van der Waals surface area contributed by atoms with Crippen LogP contribution in [0.15, 0.2) is 11.6 Å². The standard InChI is InChI=1S/C15H27N/c1-2-11-16-15(12-13-7-6-8-13)14-9-4-3-5-10-14/h9,13,15-16H,2-8,10-12H2,1H3. The molecular formula is C15H27N. The van der Waals surface area contributed by atoms with E-state index in [1.807, 2.05) is 0 Å². The summed E-state index contributed by atoms with van der Waals surface area (Å²) >= 11 is 0. The molecule has 1 saturated carbocycles. The van der Waals surface area contributed by atoms with Gasteiger partial charge < -0.3 is 5.32 Å². The van der Waals surface area contributed by atoms with Crippen molar-refractivity contribution in [2.45, 2.75) is 70.8 Å². The Bertz CT molecular complexity index is 228. The largest absolute Gasteiger partial charge is 0.310 e. The van der Waals surface area contributed by atoms with Crippen molar-refractivity contribution in [2.24, 2.45) is 5.92 Å².